The number of halogens is 1. The van der Waals surface area contributed by atoms with Gasteiger partial charge in [-0.2, -0.15) is 0 Å². The van der Waals surface area contributed by atoms with Crippen LogP contribution < -0.4 is 5.32 Å². The number of hydrogen-bond acceptors (Lipinski definition) is 2. The largest absolute Gasteiger partial charge is 0.378 e. The number of nitrogens with one attached hydrogen (secondary N) is 1. The predicted molar refractivity (Wildman–Crippen MR) is 66.4 cm³/mol. The Bertz CT molecular complexity index is 375. The Morgan fingerprint density at radius 1 is 1.50 bits per heavy atom. The van der Waals surface area contributed by atoms with Gasteiger partial charge in [-0.3, -0.25) is 4.79 Å². The summed E-state index contributed by atoms with van der Waals surface area (Å²) in [6, 6.07) is 7.59. The van der Waals surface area contributed by atoms with Crippen molar-refractivity contribution in [2.75, 3.05) is 11.9 Å². The van der Waals surface area contributed by atoms with Crippen molar-refractivity contribution in [2.24, 2.45) is 0 Å². The van der Waals surface area contributed by atoms with Gasteiger partial charge >= 0.3 is 0 Å². The lowest BCUT2D eigenvalue weighted by Crippen LogP contribution is -2.19. The molecule has 1 aromatic carbocycles. The number of para-hydroxylation sites is 1. The first-order chi connectivity index (χ1) is 7.75. The SMILES string of the molecule is O=C(CC1CCCO1)Nc1ccccc1Br. The number of hydrogen-bond donors (Lipinski definition) is 1. The molecule has 1 saturated heterocycles. The molecule has 0 aromatic heterocycles. The molecule has 86 valence electrons. The van der Waals surface area contributed by atoms with E-state index in [1.54, 1.807) is 0 Å². The lowest BCUT2D eigenvalue weighted by Gasteiger charge is -2.10. The van der Waals surface area contributed by atoms with E-state index in [0.717, 1.165) is 29.6 Å². The van der Waals surface area contributed by atoms with Gasteiger partial charge in [-0.1, -0.05) is 12.1 Å². The van der Waals surface area contributed by atoms with Crippen LogP contribution in [0.3, 0.4) is 0 Å². The molecule has 0 saturated carbocycles. The van der Waals surface area contributed by atoms with Crippen LogP contribution in [-0.2, 0) is 9.53 Å². The van der Waals surface area contributed by atoms with Gasteiger partial charge in [-0.15, -0.1) is 0 Å². The zero-order valence-corrected chi connectivity index (χ0v) is 10.5. The number of benzene rings is 1. The lowest BCUT2D eigenvalue weighted by atomic mass is 10.2. The normalized spacial score (nSPS) is 19.7. The Hall–Kier alpha value is -0.870. The maximum absolute atomic E-state index is 11.7. The minimum absolute atomic E-state index is 0.0128. The number of amides is 1. The molecule has 1 aliphatic rings. The summed E-state index contributed by atoms with van der Waals surface area (Å²) in [5.74, 6) is 0.0128. The van der Waals surface area contributed by atoms with Gasteiger partial charge < -0.3 is 10.1 Å². The summed E-state index contributed by atoms with van der Waals surface area (Å²) in [6.07, 6.45) is 2.60. The van der Waals surface area contributed by atoms with E-state index in [4.69, 9.17) is 4.74 Å². The molecule has 1 heterocycles. The molecule has 1 aliphatic heterocycles. The lowest BCUT2D eigenvalue weighted by molar-refractivity contribution is -0.118. The topological polar surface area (TPSA) is 38.3 Å². The van der Waals surface area contributed by atoms with E-state index in [-0.39, 0.29) is 12.0 Å². The van der Waals surface area contributed by atoms with E-state index >= 15 is 0 Å². The zero-order valence-electron chi connectivity index (χ0n) is 8.91. The van der Waals surface area contributed by atoms with E-state index in [0.29, 0.717) is 6.42 Å². The third kappa shape index (κ3) is 3.06. The fourth-order valence-electron chi connectivity index (χ4n) is 1.78. The van der Waals surface area contributed by atoms with Crippen molar-refractivity contribution in [3.05, 3.63) is 28.7 Å². The molecular formula is C12H14BrNO2. The summed E-state index contributed by atoms with van der Waals surface area (Å²) in [5.41, 5.74) is 0.811. The molecule has 2 rings (SSSR count). The minimum atomic E-state index is 0.0128. The van der Waals surface area contributed by atoms with Crippen molar-refractivity contribution >= 4 is 27.5 Å². The van der Waals surface area contributed by atoms with Crippen molar-refractivity contribution in [3.8, 4) is 0 Å². The average Bonchev–Trinajstić information content (AvgIpc) is 2.74. The van der Waals surface area contributed by atoms with Gasteiger partial charge in [0.25, 0.3) is 0 Å². The number of carbonyl (C=O) groups is 1. The van der Waals surface area contributed by atoms with Crippen LogP contribution in [0.4, 0.5) is 5.69 Å². The molecular weight excluding hydrogens is 270 g/mol. The van der Waals surface area contributed by atoms with E-state index in [9.17, 15) is 4.79 Å². The minimum Gasteiger partial charge on any atom is -0.378 e. The molecule has 0 spiro atoms. The fraction of sp³-hybridized carbons (Fsp3) is 0.417. The van der Waals surface area contributed by atoms with Crippen molar-refractivity contribution in [1.29, 1.82) is 0 Å². The smallest absolute Gasteiger partial charge is 0.227 e. The summed E-state index contributed by atoms with van der Waals surface area (Å²) < 4.78 is 6.32. The molecule has 1 N–H and O–H groups in total. The van der Waals surface area contributed by atoms with Crippen molar-refractivity contribution in [1.82, 2.24) is 0 Å². The number of ether oxygens (including phenoxy) is 1. The van der Waals surface area contributed by atoms with Crippen LogP contribution in [0, 0.1) is 0 Å². The highest BCUT2D eigenvalue weighted by Gasteiger charge is 2.19. The number of rotatable bonds is 3. The Morgan fingerprint density at radius 3 is 3.00 bits per heavy atom. The zero-order chi connectivity index (χ0) is 11.4. The van der Waals surface area contributed by atoms with E-state index in [1.165, 1.54) is 0 Å². The first kappa shape index (κ1) is 11.6. The Kier molecular flexibility index (Phi) is 3.96. The summed E-state index contributed by atoms with van der Waals surface area (Å²) in [7, 11) is 0. The molecule has 4 heteroatoms. The van der Waals surface area contributed by atoms with Gasteiger partial charge in [0.2, 0.25) is 5.91 Å². The average molecular weight is 284 g/mol. The second-order valence-electron chi connectivity index (χ2n) is 3.87. The van der Waals surface area contributed by atoms with Gasteiger partial charge in [0.1, 0.15) is 0 Å². The van der Waals surface area contributed by atoms with Crippen LogP contribution in [0.15, 0.2) is 28.7 Å². The van der Waals surface area contributed by atoms with Crippen LogP contribution in [0.2, 0.25) is 0 Å². The van der Waals surface area contributed by atoms with Crippen molar-refractivity contribution in [3.63, 3.8) is 0 Å². The highest BCUT2D eigenvalue weighted by Crippen LogP contribution is 2.22. The van der Waals surface area contributed by atoms with Gasteiger partial charge in [-0.25, -0.2) is 0 Å². The second kappa shape index (κ2) is 5.46. The summed E-state index contributed by atoms with van der Waals surface area (Å²) in [6.45, 7) is 0.785. The predicted octanol–water partition coefficient (Wildman–Crippen LogP) is 2.96. The Morgan fingerprint density at radius 2 is 2.31 bits per heavy atom. The van der Waals surface area contributed by atoms with Crippen LogP contribution >= 0.6 is 15.9 Å². The van der Waals surface area contributed by atoms with Crippen molar-refractivity contribution < 1.29 is 9.53 Å². The maximum Gasteiger partial charge on any atom is 0.227 e. The van der Waals surface area contributed by atoms with E-state index in [2.05, 4.69) is 21.2 Å². The quantitative estimate of drug-likeness (QED) is 0.926. The summed E-state index contributed by atoms with van der Waals surface area (Å²) in [4.78, 5) is 11.7. The monoisotopic (exact) mass is 283 g/mol. The molecule has 1 amide bonds. The van der Waals surface area contributed by atoms with Crippen molar-refractivity contribution in [2.45, 2.75) is 25.4 Å². The molecule has 1 fully saturated rings. The van der Waals surface area contributed by atoms with Gasteiger partial charge in [0, 0.05) is 11.1 Å². The van der Waals surface area contributed by atoms with Crippen LogP contribution in [0.5, 0.6) is 0 Å². The molecule has 1 unspecified atom stereocenters. The first-order valence-corrected chi connectivity index (χ1v) is 6.21. The second-order valence-corrected chi connectivity index (χ2v) is 4.72. The van der Waals surface area contributed by atoms with Crippen LogP contribution in [0.25, 0.3) is 0 Å². The summed E-state index contributed by atoms with van der Waals surface area (Å²) >= 11 is 3.39. The van der Waals surface area contributed by atoms with Crippen LogP contribution in [-0.4, -0.2) is 18.6 Å². The summed E-state index contributed by atoms with van der Waals surface area (Å²) in [5, 5.41) is 2.87. The molecule has 16 heavy (non-hydrogen) atoms. The molecule has 0 radical (unpaired) electrons. The van der Waals surface area contributed by atoms with E-state index < -0.39 is 0 Å². The van der Waals surface area contributed by atoms with Crippen LogP contribution in [0.1, 0.15) is 19.3 Å². The Balaban J connectivity index is 1.89. The fourth-order valence-corrected chi connectivity index (χ4v) is 2.16. The van der Waals surface area contributed by atoms with E-state index in [1.807, 2.05) is 24.3 Å². The highest BCUT2D eigenvalue weighted by molar-refractivity contribution is 9.10. The third-order valence-electron chi connectivity index (χ3n) is 2.59. The highest BCUT2D eigenvalue weighted by atomic mass is 79.9. The maximum atomic E-state index is 11.7. The van der Waals surface area contributed by atoms with Gasteiger partial charge in [0.05, 0.1) is 18.2 Å². The molecule has 0 aliphatic carbocycles. The molecule has 0 bridgehead atoms. The standard InChI is InChI=1S/C12H14BrNO2/c13-10-5-1-2-6-11(10)14-12(15)8-9-4-3-7-16-9/h1-2,5-6,9H,3-4,7-8H2,(H,14,15). The molecule has 3 nitrogen and oxygen atoms in total. The van der Waals surface area contributed by atoms with Gasteiger partial charge in [0.15, 0.2) is 0 Å². The number of anilines is 1. The molecule has 1 atom stereocenters. The number of carbonyl (C=O) groups excluding carboxylic acids is 1. The first-order valence-electron chi connectivity index (χ1n) is 5.41. The molecule has 1 aromatic rings. The Labute approximate surface area is 103 Å². The van der Waals surface area contributed by atoms with Gasteiger partial charge in [-0.05, 0) is 40.9 Å². The third-order valence-corrected chi connectivity index (χ3v) is 3.28.